The van der Waals surface area contributed by atoms with E-state index in [1.54, 1.807) is 13.8 Å². The Morgan fingerprint density at radius 1 is 1.29 bits per heavy atom. The molecular formula is C12H14F2O3. The highest BCUT2D eigenvalue weighted by Gasteiger charge is 2.33. The summed E-state index contributed by atoms with van der Waals surface area (Å²) >= 11 is 0. The van der Waals surface area contributed by atoms with Gasteiger partial charge < -0.3 is 14.6 Å². The van der Waals surface area contributed by atoms with Gasteiger partial charge in [0.05, 0.1) is 6.61 Å². The number of rotatable bonds is 2. The molecule has 0 saturated carbocycles. The molecule has 0 saturated heterocycles. The number of hydrogen-bond acceptors (Lipinski definition) is 3. The Morgan fingerprint density at radius 3 is 2.59 bits per heavy atom. The Morgan fingerprint density at radius 2 is 1.94 bits per heavy atom. The van der Waals surface area contributed by atoms with Gasteiger partial charge in [0.1, 0.15) is 13.2 Å². The SMILES string of the molecule is CC(C)(CO)c1c(F)c(F)cc2c1OCCO2. The molecule has 2 rings (SSSR count). The molecule has 1 aromatic carbocycles. The monoisotopic (exact) mass is 244 g/mol. The highest BCUT2D eigenvalue weighted by atomic mass is 19.2. The number of benzene rings is 1. The van der Waals surface area contributed by atoms with Crippen molar-refractivity contribution in [2.45, 2.75) is 19.3 Å². The van der Waals surface area contributed by atoms with Crippen LogP contribution in [0, 0.1) is 11.6 Å². The number of halogens is 2. The summed E-state index contributed by atoms with van der Waals surface area (Å²) in [4.78, 5) is 0. The molecule has 0 unspecified atom stereocenters. The molecule has 3 nitrogen and oxygen atoms in total. The zero-order valence-corrected chi connectivity index (χ0v) is 9.72. The molecule has 0 bridgehead atoms. The molecule has 0 amide bonds. The first-order valence-electron chi connectivity index (χ1n) is 5.36. The van der Waals surface area contributed by atoms with Gasteiger partial charge in [0, 0.05) is 17.0 Å². The summed E-state index contributed by atoms with van der Waals surface area (Å²) < 4.78 is 37.9. The molecule has 1 aliphatic rings. The fourth-order valence-electron chi connectivity index (χ4n) is 1.82. The van der Waals surface area contributed by atoms with E-state index >= 15 is 0 Å². The molecule has 94 valence electrons. The lowest BCUT2D eigenvalue weighted by molar-refractivity contribution is 0.157. The molecule has 0 radical (unpaired) electrons. The number of aliphatic hydroxyl groups is 1. The average Bonchev–Trinajstić information content (AvgIpc) is 2.30. The molecule has 1 heterocycles. The lowest BCUT2D eigenvalue weighted by Crippen LogP contribution is -2.28. The summed E-state index contributed by atoms with van der Waals surface area (Å²) in [7, 11) is 0. The zero-order chi connectivity index (χ0) is 12.6. The molecule has 1 N–H and O–H groups in total. The summed E-state index contributed by atoms with van der Waals surface area (Å²) in [6.45, 7) is 3.50. The molecule has 0 spiro atoms. The first-order valence-corrected chi connectivity index (χ1v) is 5.36. The van der Waals surface area contributed by atoms with Crippen LogP contribution in [0.5, 0.6) is 11.5 Å². The summed E-state index contributed by atoms with van der Waals surface area (Å²) in [5, 5.41) is 9.28. The van der Waals surface area contributed by atoms with Crippen molar-refractivity contribution in [3.05, 3.63) is 23.3 Å². The van der Waals surface area contributed by atoms with E-state index in [0.717, 1.165) is 6.07 Å². The fourth-order valence-corrected chi connectivity index (χ4v) is 1.82. The minimum atomic E-state index is -0.995. The first kappa shape index (κ1) is 12.1. The van der Waals surface area contributed by atoms with E-state index in [1.165, 1.54) is 0 Å². The van der Waals surface area contributed by atoms with E-state index in [0.29, 0.717) is 6.61 Å². The number of fused-ring (bicyclic) bond motifs is 1. The molecule has 0 atom stereocenters. The van der Waals surface area contributed by atoms with E-state index in [9.17, 15) is 13.9 Å². The van der Waals surface area contributed by atoms with Crippen LogP contribution in [0.15, 0.2) is 6.07 Å². The predicted molar refractivity (Wildman–Crippen MR) is 57.5 cm³/mol. The third-order valence-corrected chi connectivity index (χ3v) is 2.80. The van der Waals surface area contributed by atoms with Gasteiger partial charge in [0.25, 0.3) is 0 Å². The van der Waals surface area contributed by atoms with E-state index in [4.69, 9.17) is 9.47 Å². The smallest absolute Gasteiger partial charge is 0.168 e. The Balaban J connectivity index is 2.67. The molecule has 17 heavy (non-hydrogen) atoms. The van der Waals surface area contributed by atoms with Crippen LogP contribution in [-0.4, -0.2) is 24.9 Å². The molecule has 1 aromatic rings. The van der Waals surface area contributed by atoms with Crippen LogP contribution in [0.4, 0.5) is 8.78 Å². The maximum absolute atomic E-state index is 13.9. The third kappa shape index (κ3) is 1.95. The minimum Gasteiger partial charge on any atom is -0.486 e. The van der Waals surface area contributed by atoms with Crippen molar-refractivity contribution in [1.29, 1.82) is 0 Å². The number of hydrogen-bond donors (Lipinski definition) is 1. The van der Waals surface area contributed by atoms with Gasteiger partial charge >= 0.3 is 0 Å². The standard InChI is InChI=1S/C12H14F2O3/c1-12(2,6-15)9-10(14)7(13)5-8-11(9)17-4-3-16-8/h5,15H,3-4,6H2,1-2H3. The highest BCUT2D eigenvalue weighted by Crippen LogP contribution is 2.42. The van der Waals surface area contributed by atoms with Crippen molar-refractivity contribution in [2.24, 2.45) is 0 Å². The van der Waals surface area contributed by atoms with Gasteiger partial charge in [-0.25, -0.2) is 8.78 Å². The normalized spacial score (nSPS) is 14.9. The molecule has 0 fully saturated rings. The van der Waals surface area contributed by atoms with Crippen LogP contribution in [0.25, 0.3) is 0 Å². The van der Waals surface area contributed by atoms with Gasteiger partial charge in [-0.2, -0.15) is 0 Å². The van der Waals surface area contributed by atoms with Gasteiger partial charge in [0.15, 0.2) is 23.1 Å². The van der Waals surface area contributed by atoms with Crippen LogP contribution in [0.3, 0.4) is 0 Å². The predicted octanol–water partition coefficient (Wildman–Crippen LogP) is 2.01. The van der Waals surface area contributed by atoms with E-state index in [2.05, 4.69) is 0 Å². The summed E-state index contributed by atoms with van der Waals surface area (Å²) in [5.41, 5.74) is -0.911. The third-order valence-electron chi connectivity index (χ3n) is 2.80. The number of aliphatic hydroxyl groups excluding tert-OH is 1. The van der Waals surface area contributed by atoms with Crippen molar-refractivity contribution >= 4 is 0 Å². The van der Waals surface area contributed by atoms with Crippen LogP contribution >= 0.6 is 0 Å². The van der Waals surface area contributed by atoms with Gasteiger partial charge in [0.2, 0.25) is 0 Å². The molecule has 1 aliphatic heterocycles. The van der Waals surface area contributed by atoms with E-state index in [-0.39, 0.29) is 30.3 Å². The average molecular weight is 244 g/mol. The van der Waals surface area contributed by atoms with E-state index < -0.39 is 17.0 Å². The zero-order valence-electron chi connectivity index (χ0n) is 9.72. The largest absolute Gasteiger partial charge is 0.486 e. The van der Waals surface area contributed by atoms with Gasteiger partial charge in [-0.1, -0.05) is 13.8 Å². The van der Waals surface area contributed by atoms with Crippen LogP contribution in [0.2, 0.25) is 0 Å². The van der Waals surface area contributed by atoms with Crippen molar-refractivity contribution in [3.8, 4) is 11.5 Å². The second-order valence-corrected chi connectivity index (χ2v) is 4.61. The summed E-state index contributed by atoms with van der Waals surface area (Å²) in [6.07, 6.45) is 0. The lowest BCUT2D eigenvalue weighted by Gasteiger charge is -2.29. The fraction of sp³-hybridized carbons (Fsp3) is 0.500. The molecule has 5 heteroatoms. The van der Waals surface area contributed by atoms with E-state index in [1.807, 2.05) is 0 Å². The van der Waals surface area contributed by atoms with Crippen molar-refractivity contribution in [2.75, 3.05) is 19.8 Å². The second-order valence-electron chi connectivity index (χ2n) is 4.61. The Kier molecular flexibility index (Phi) is 2.95. The topological polar surface area (TPSA) is 38.7 Å². The number of ether oxygens (including phenoxy) is 2. The quantitative estimate of drug-likeness (QED) is 0.864. The van der Waals surface area contributed by atoms with Gasteiger partial charge in [-0.15, -0.1) is 0 Å². The maximum atomic E-state index is 13.9. The van der Waals surface area contributed by atoms with Crippen molar-refractivity contribution in [3.63, 3.8) is 0 Å². The Hall–Kier alpha value is -1.36. The summed E-state index contributed by atoms with van der Waals surface area (Å²) in [5.74, 6) is -1.61. The van der Waals surface area contributed by atoms with Crippen LogP contribution in [-0.2, 0) is 5.41 Å². The minimum absolute atomic E-state index is 0.0229. The maximum Gasteiger partial charge on any atom is 0.168 e. The summed E-state index contributed by atoms with van der Waals surface area (Å²) in [6, 6.07) is 0.973. The van der Waals surface area contributed by atoms with Crippen molar-refractivity contribution < 1.29 is 23.4 Å². The Bertz CT molecular complexity index is 444. The lowest BCUT2D eigenvalue weighted by atomic mass is 9.84. The molecule has 0 aromatic heterocycles. The van der Waals surface area contributed by atoms with Crippen LogP contribution < -0.4 is 9.47 Å². The van der Waals surface area contributed by atoms with Gasteiger partial charge in [-0.3, -0.25) is 0 Å². The highest BCUT2D eigenvalue weighted by molar-refractivity contribution is 5.51. The van der Waals surface area contributed by atoms with Crippen molar-refractivity contribution in [1.82, 2.24) is 0 Å². The molecular weight excluding hydrogens is 230 g/mol. The molecule has 0 aliphatic carbocycles. The first-order chi connectivity index (χ1) is 7.97. The Labute approximate surface area is 98.0 Å². The van der Waals surface area contributed by atoms with Crippen LogP contribution in [0.1, 0.15) is 19.4 Å². The second kappa shape index (κ2) is 4.14. The van der Waals surface area contributed by atoms with Gasteiger partial charge in [-0.05, 0) is 0 Å².